The van der Waals surface area contributed by atoms with E-state index in [0.717, 1.165) is 0 Å². The summed E-state index contributed by atoms with van der Waals surface area (Å²) in [6.45, 7) is 3.60. The molecule has 0 aliphatic carbocycles. The monoisotopic (exact) mass is 377 g/mol. The van der Waals surface area contributed by atoms with Crippen LogP contribution in [0, 0.1) is 0 Å². The Balaban J connectivity index is 0.00000288. The number of carbonyl (C=O) groups excluding carboxylic acids is 1. The second-order valence-corrected chi connectivity index (χ2v) is 7.48. The van der Waals surface area contributed by atoms with Crippen LogP contribution in [0.3, 0.4) is 0 Å². The van der Waals surface area contributed by atoms with Crippen molar-refractivity contribution in [2.45, 2.75) is 17.9 Å². The van der Waals surface area contributed by atoms with E-state index in [9.17, 15) is 13.2 Å². The summed E-state index contributed by atoms with van der Waals surface area (Å²) in [5.74, 6) is -0.248. The zero-order chi connectivity index (χ0) is 17.0. The maximum atomic E-state index is 12.6. The fraction of sp³-hybridized carbons (Fsp3) is 0.533. The molecule has 1 heterocycles. The number of hydrogen-bond donors (Lipinski definition) is 1. The molecule has 1 amide bonds. The van der Waals surface area contributed by atoms with Crippen LogP contribution in [0.5, 0.6) is 0 Å². The average Bonchev–Trinajstić information content (AvgIpc) is 2.60. The number of morpholine rings is 1. The van der Waals surface area contributed by atoms with E-state index in [1.165, 1.54) is 21.3 Å². The van der Waals surface area contributed by atoms with Crippen molar-refractivity contribution < 1.29 is 17.9 Å². The van der Waals surface area contributed by atoms with Crippen LogP contribution in [0.4, 0.5) is 0 Å². The number of sulfonamides is 1. The van der Waals surface area contributed by atoms with E-state index in [4.69, 9.17) is 10.5 Å². The SMILES string of the molecule is CC(CN)N(C)C(=O)c1cccc(S(=O)(=O)N2CCOCC2)c1.Cl. The molecule has 0 radical (unpaired) electrons. The minimum Gasteiger partial charge on any atom is -0.379 e. The summed E-state index contributed by atoms with van der Waals surface area (Å²) >= 11 is 0. The molecule has 1 aromatic carbocycles. The topological polar surface area (TPSA) is 92.9 Å². The van der Waals surface area contributed by atoms with Gasteiger partial charge in [-0.2, -0.15) is 4.31 Å². The number of ether oxygens (including phenoxy) is 1. The molecule has 0 aromatic heterocycles. The van der Waals surface area contributed by atoms with Gasteiger partial charge in [-0.1, -0.05) is 6.07 Å². The van der Waals surface area contributed by atoms with Crippen molar-refractivity contribution in [3.05, 3.63) is 29.8 Å². The zero-order valence-corrected chi connectivity index (χ0v) is 15.5. The highest BCUT2D eigenvalue weighted by Gasteiger charge is 2.27. The van der Waals surface area contributed by atoms with Crippen molar-refractivity contribution in [2.24, 2.45) is 5.73 Å². The smallest absolute Gasteiger partial charge is 0.253 e. The van der Waals surface area contributed by atoms with Crippen LogP contribution >= 0.6 is 12.4 Å². The Morgan fingerprint density at radius 3 is 2.58 bits per heavy atom. The highest BCUT2D eigenvalue weighted by atomic mass is 35.5. The van der Waals surface area contributed by atoms with Gasteiger partial charge in [0.05, 0.1) is 18.1 Å². The molecule has 7 nitrogen and oxygen atoms in total. The Hall–Kier alpha value is -1.19. The first-order valence-electron chi connectivity index (χ1n) is 7.53. The lowest BCUT2D eigenvalue weighted by molar-refractivity contribution is 0.0729. The third kappa shape index (κ3) is 4.46. The van der Waals surface area contributed by atoms with Gasteiger partial charge in [0.1, 0.15) is 0 Å². The normalized spacial score (nSPS) is 17.0. The number of nitrogens with two attached hydrogens (primary N) is 1. The Labute approximate surface area is 149 Å². The fourth-order valence-corrected chi connectivity index (χ4v) is 3.74. The highest BCUT2D eigenvalue weighted by molar-refractivity contribution is 7.89. The Kier molecular flexibility index (Phi) is 7.62. The van der Waals surface area contributed by atoms with Crippen LogP contribution in [-0.4, -0.2) is 69.5 Å². The predicted molar refractivity (Wildman–Crippen MR) is 93.9 cm³/mol. The minimum atomic E-state index is -3.61. The van der Waals surface area contributed by atoms with Crippen LogP contribution in [0.2, 0.25) is 0 Å². The molecule has 1 aliphatic rings. The van der Waals surface area contributed by atoms with Gasteiger partial charge in [-0.3, -0.25) is 4.79 Å². The largest absolute Gasteiger partial charge is 0.379 e. The lowest BCUT2D eigenvalue weighted by atomic mass is 10.2. The Bertz CT molecular complexity index is 662. The highest BCUT2D eigenvalue weighted by Crippen LogP contribution is 2.19. The van der Waals surface area contributed by atoms with Crippen LogP contribution in [-0.2, 0) is 14.8 Å². The molecular formula is C15H24ClN3O4S. The molecule has 0 spiro atoms. The van der Waals surface area contributed by atoms with Gasteiger partial charge >= 0.3 is 0 Å². The van der Waals surface area contributed by atoms with Gasteiger partial charge in [0.2, 0.25) is 10.0 Å². The molecule has 0 saturated carbocycles. The van der Waals surface area contributed by atoms with E-state index in [2.05, 4.69) is 0 Å². The summed E-state index contributed by atoms with van der Waals surface area (Å²) in [6.07, 6.45) is 0. The van der Waals surface area contributed by atoms with Crippen molar-refractivity contribution in [1.29, 1.82) is 0 Å². The van der Waals surface area contributed by atoms with Gasteiger partial charge in [0, 0.05) is 38.3 Å². The molecular weight excluding hydrogens is 354 g/mol. The molecule has 0 bridgehead atoms. The summed E-state index contributed by atoms with van der Waals surface area (Å²) in [7, 11) is -1.96. The standard InChI is InChI=1S/C15H23N3O4S.ClH/c1-12(11-16)17(2)15(19)13-4-3-5-14(10-13)23(20,21)18-6-8-22-9-7-18;/h3-5,10,12H,6-9,11,16H2,1-2H3;1H. The summed E-state index contributed by atoms with van der Waals surface area (Å²) in [5.41, 5.74) is 5.91. The maximum absolute atomic E-state index is 12.6. The van der Waals surface area contributed by atoms with Crippen molar-refractivity contribution >= 4 is 28.3 Å². The number of nitrogens with zero attached hydrogens (tertiary/aromatic N) is 2. The summed E-state index contributed by atoms with van der Waals surface area (Å²) in [6, 6.07) is 6.00. The second-order valence-electron chi connectivity index (χ2n) is 5.55. The zero-order valence-electron chi connectivity index (χ0n) is 13.8. The molecule has 1 aliphatic heterocycles. The quantitative estimate of drug-likeness (QED) is 0.808. The van der Waals surface area contributed by atoms with Gasteiger partial charge in [-0.15, -0.1) is 12.4 Å². The first-order valence-corrected chi connectivity index (χ1v) is 8.97. The van der Waals surface area contributed by atoms with Gasteiger partial charge in [-0.05, 0) is 25.1 Å². The van der Waals surface area contributed by atoms with E-state index >= 15 is 0 Å². The summed E-state index contributed by atoms with van der Waals surface area (Å²) in [5, 5.41) is 0. The summed E-state index contributed by atoms with van der Waals surface area (Å²) in [4.78, 5) is 14.1. The van der Waals surface area contributed by atoms with Crippen LogP contribution in [0.15, 0.2) is 29.2 Å². The average molecular weight is 378 g/mol. The molecule has 9 heteroatoms. The van der Waals surface area contributed by atoms with Crippen molar-refractivity contribution in [2.75, 3.05) is 39.9 Å². The molecule has 1 unspecified atom stereocenters. The fourth-order valence-electron chi connectivity index (χ4n) is 2.29. The number of hydrogen-bond acceptors (Lipinski definition) is 5. The second kappa shape index (κ2) is 8.77. The number of rotatable bonds is 5. The molecule has 136 valence electrons. The van der Waals surface area contributed by atoms with Crippen LogP contribution < -0.4 is 5.73 Å². The van der Waals surface area contributed by atoms with E-state index < -0.39 is 10.0 Å². The molecule has 2 N–H and O–H groups in total. The van der Waals surface area contributed by atoms with E-state index in [1.807, 2.05) is 6.92 Å². The minimum absolute atomic E-state index is 0. The third-order valence-corrected chi connectivity index (χ3v) is 5.91. The predicted octanol–water partition coefficient (Wildman–Crippen LogP) is 0.549. The summed E-state index contributed by atoms with van der Waals surface area (Å²) < 4.78 is 31.9. The van der Waals surface area contributed by atoms with Gasteiger partial charge in [-0.25, -0.2) is 8.42 Å². The molecule has 24 heavy (non-hydrogen) atoms. The number of likely N-dealkylation sites (N-methyl/N-ethyl adjacent to an activating group) is 1. The first kappa shape index (κ1) is 20.9. The Morgan fingerprint density at radius 1 is 1.38 bits per heavy atom. The van der Waals surface area contributed by atoms with Gasteiger partial charge in [0.15, 0.2) is 0 Å². The Morgan fingerprint density at radius 2 is 2.00 bits per heavy atom. The van der Waals surface area contributed by atoms with Gasteiger partial charge < -0.3 is 15.4 Å². The number of carbonyl (C=O) groups is 1. The molecule has 2 rings (SSSR count). The lowest BCUT2D eigenvalue weighted by Gasteiger charge is -2.26. The van der Waals surface area contributed by atoms with Crippen molar-refractivity contribution in [3.8, 4) is 0 Å². The number of amides is 1. The molecule has 1 saturated heterocycles. The lowest BCUT2D eigenvalue weighted by Crippen LogP contribution is -2.41. The van der Waals surface area contributed by atoms with E-state index in [1.54, 1.807) is 19.2 Å². The van der Waals surface area contributed by atoms with Crippen molar-refractivity contribution in [3.63, 3.8) is 0 Å². The molecule has 1 atom stereocenters. The van der Waals surface area contributed by atoms with Gasteiger partial charge in [0.25, 0.3) is 5.91 Å². The van der Waals surface area contributed by atoms with Crippen LogP contribution in [0.1, 0.15) is 17.3 Å². The van der Waals surface area contributed by atoms with E-state index in [-0.39, 0.29) is 29.3 Å². The van der Waals surface area contributed by atoms with E-state index in [0.29, 0.717) is 38.4 Å². The number of benzene rings is 1. The molecule has 1 aromatic rings. The molecule has 1 fully saturated rings. The number of halogens is 1. The first-order chi connectivity index (χ1) is 10.9. The maximum Gasteiger partial charge on any atom is 0.253 e. The third-order valence-electron chi connectivity index (χ3n) is 4.01. The van der Waals surface area contributed by atoms with Crippen molar-refractivity contribution in [1.82, 2.24) is 9.21 Å². The van der Waals surface area contributed by atoms with Crippen LogP contribution in [0.25, 0.3) is 0 Å².